The number of benzene rings is 1. The molecule has 0 heterocycles. The van der Waals surface area contributed by atoms with E-state index in [1.807, 2.05) is 12.1 Å². The van der Waals surface area contributed by atoms with Crippen LogP contribution in [0, 0.1) is 0 Å². The summed E-state index contributed by atoms with van der Waals surface area (Å²) in [5, 5.41) is 22.0. The molecule has 0 saturated heterocycles. The molecule has 1 aliphatic rings. The van der Waals surface area contributed by atoms with Crippen LogP contribution in [0.4, 0.5) is 0 Å². The van der Waals surface area contributed by atoms with Crippen molar-refractivity contribution in [2.75, 3.05) is 0 Å². The fourth-order valence-corrected chi connectivity index (χ4v) is 2.16. The van der Waals surface area contributed by atoms with Gasteiger partial charge < -0.3 is 15.5 Å². The molecule has 0 aliphatic heterocycles. The van der Waals surface area contributed by atoms with Crippen LogP contribution in [0.3, 0.4) is 0 Å². The number of aliphatic hydroxyl groups excluding tert-OH is 1. The third kappa shape index (κ3) is 4.54. The van der Waals surface area contributed by atoms with E-state index in [0.29, 0.717) is 11.8 Å². The van der Waals surface area contributed by atoms with Crippen LogP contribution in [0.5, 0.6) is 5.75 Å². The van der Waals surface area contributed by atoms with Crippen molar-refractivity contribution in [3.05, 3.63) is 29.8 Å². The van der Waals surface area contributed by atoms with Gasteiger partial charge in [0.25, 0.3) is 0 Å². The molecule has 1 aromatic rings. The summed E-state index contributed by atoms with van der Waals surface area (Å²) in [5.41, 5.74) is 1.18. The van der Waals surface area contributed by atoms with E-state index in [2.05, 4.69) is 5.32 Å². The second kappa shape index (κ2) is 6.84. The Hall–Kier alpha value is -0.770. The van der Waals surface area contributed by atoms with Crippen molar-refractivity contribution in [1.29, 1.82) is 0 Å². The van der Waals surface area contributed by atoms with Gasteiger partial charge in [-0.2, -0.15) is 0 Å². The summed E-state index contributed by atoms with van der Waals surface area (Å²) in [5.74, 6) is 0.310. The van der Waals surface area contributed by atoms with E-state index in [1.165, 1.54) is 5.56 Å². The quantitative estimate of drug-likeness (QED) is 0.778. The molecule has 4 heteroatoms. The van der Waals surface area contributed by atoms with Crippen LogP contribution in [0.2, 0.25) is 0 Å². The highest BCUT2D eigenvalue weighted by Crippen LogP contribution is 2.19. The highest BCUT2D eigenvalue weighted by atomic mass is 35.5. The first-order chi connectivity index (χ1) is 7.74. The standard InChI is InChI=1S/C13H19NO2.ClH/c15-12-5-1-10(2-6-12)9-14-11-3-7-13(16)8-4-11;/h1-2,5-6,11,13-16H,3-4,7-9H2;1H. The van der Waals surface area contributed by atoms with Gasteiger partial charge in [-0.15, -0.1) is 12.4 Å². The zero-order valence-corrected chi connectivity index (χ0v) is 10.6. The Labute approximate surface area is 108 Å². The van der Waals surface area contributed by atoms with Crippen LogP contribution in [-0.2, 0) is 6.54 Å². The summed E-state index contributed by atoms with van der Waals surface area (Å²) in [6.07, 6.45) is 3.84. The lowest BCUT2D eigenvalue weighted by molar-refractivity contribution is 0.116. The number of nitrogens with one attached hydrogen (secondary N) is 1. The highest BCUT2D eigenvalue weighted by molar-refractivity contribution is 5.85. The SMILES string of the molecule is Cl.Oc1ccc(CNC2CCC(O)CC2)cc1. The third-order valence-corrected chi connectivity index (χ3v) is 3.23. The van der Waals surface area contributed by atoms with Gasteiger partial charge in [-0.05, 0) is 43.4 Å². The molecule has 2 rings (SSSR count). The van der Waals surface area contributed by atoms with E-state index < -0.39 is 0 Å². The molecular formula is C13H20ClNO2. The Morgan fingerprint density at radius 3 is 2.24 bits per heavy atom. The monoisotopic (exact) mass is 257 g/mol. The molecule has 0 amide bonds. The van der Waals surface area contributed by atoms with E-state index in [1.54, 1.807) is 12.1 Å². The Balaban J connectivity index is 0.00000144. The normalized spacial score (nSPS) is 24.1. The van der Waals surface area contributed by atoms with E-state index in [4.69, 9.17) is 5.11 Å². The first kappa shape index (κ1) is 14.3. The second-order valence-corrected chi connectivity index (χ2v) is 4.55. The third-order valence-electron chi connectivity index (χ3n) is 3.23. The summed E-state index contributed by atoms with van der Waals surface area (Å²) < 4.78 is 0. The largest absolute Gasteiger partial charge is 0.508 e. The molecule has 1 fully saturated rings. The minimum atomic E-state index is -0.0910. The predicted octanol–water partition coefficient (Wildman–Crippen LogP) is 2.21. The Morgan fingerprint density at radius 2 is 1.65 bits per heavy atom. The first-order valence-electron chi connectivity index (χ1n) is 5.93. The van der Waals surface area contributed by atoms with Gasteiger partial charge in [0.15, 0.2) is 0 Å². The van der Waals surface area contributed by atoms with Gasteiger partial charge in [-0.3, -0.25) is 0 Å². The Kier molecular flexibility index (Phi) is 5.75. The van der Waals surface area contributed by atoms with Gasteiger partial charge in [-0.1, -0.05) is 12.1 Å². The minimum Gasteiger partial charge on any atom is -0.508 e. The summed E-state index contributed by atoms with van der Waals surface area (Å²) in [7, 11) is 0. The summed E-state index contributed by atoms with van der Waals surface area (Å²) in [6, 6.07) is 7.81. The summed E-state index contributed by atoms with van der Waals surface area (Å²) in [6.45, 7) is 0.834. The molecule has 1 saturated carbocycles. The van der Waals surface area contributed by atoms with Crippen LogP contribution < -0.4 is 5.32 Å². The number of hydrogen-bond donors (Lipinski definition) is 3. The molecular weight excluding hydrogens is 238 g/mol. The lowest BCUT2D eigenvalue weighted by Crippen LogP contribution is -2.34. The van der Waals surface area contributed by atoms with E-state index in [-0.39, 0.29) is 18.5 Å². The number of hydrogen-bond acceptors (Lipinski definition) is 3. The average Bonchev–Trinajstić information content (AvgIpc) is 2.30. The molecule has 17 heavy (non-hydrogen) atoms. The van der Waals surface area contributed by atoms with E-state index in [9.17, 15) is 5.11 Å². The number of rotatable bonds is 3. The van der Waals surface area contributed by atoms with Crippen molar-refractivity contribution >= 4 is 12.4 Å². The molecule has 0 radical (unpaired) electrons. The molecule has 1 aromatic carbocycles. The van der Waals surface area contributed by atoms with Gasteiger partial charge in [0, 0.05) is 12.6 Å². The first-order valence-corrected chi connectivity index (χ1v) is 5.93. The van der Waals surface area contributed by atoms with Crippen molar-refractivity contribution in [3.8, 4) is 5.75 Å². The molecule has 0 spiro atoms. The van der Waals surface area contributed by atoms with E-state index >= 15 is 0 Å². The van der Waals surface area contributed by atoms with Crippen LogP contribution in [-0.4, -0.2) is 22.4 Å². The maximum Gasteiger partial charge on any atom is 0.115 e. The van der Waals surface area contributed by atoms with Gasteiger partial charge >= 0.3 is 0 Å². The van der Waals surface area contributed by atoms with Crippen molar-refractivity contribution < 1.29 is 10.2 Å². The lowest BCUT2D eigenvalue weighted by Gasteiger charge is -2.26. The smallest absolute Gasteiger partial charge is 0.115 e. The fraction of sp³-hybridized carbons (Fsp3) is 0.538. The van der Waals surface area contributed by atoms with Crippen LogP contribution in [0.15, 0.2) is 24.3 Å². The van der Waals surface area contributed by atoms with Gasteiger partial charge in [0.2, 0.25) is 0 Å². The second-order valence-electron chi connectivity index (χ2n) is 4.55. The number of aliphatic hydroxyl groups is 1. The van der Waals surface area contributed by atoms with Crippen LogP contribution >= 0.6 is 12.4 Å². The highest BCUT2D eigenvalue weighted by Gasteiger charge is 2.18. The minimum absolute atomic E-state index is 0. The zero-order valence-electron chi connectivity index (χ0n) is 9.80. The van der Waals surface area contributed by atoms with Crippen LogP contribution in [0.1, 0.15) is 31.2 Å². The maximum atomic E-state index is 9.39. The topological polar surface area (TPSA) is 52.5 Å². The number of aromatic hydroxyl groups is 1. The number of halogens is 1. The zero-order chi connectivity index (χ0) is 11.4. The van der Waals surface area contributed by atoms with Crippen LogP contribution in [0.25, 0.3) is 0 Å². The van der Waals surface area contributed by atoms with Crippen molar-refractivity contribution in [1.82, 2.24) is 5.32 Å². The molecule has 3 nitrogen and oxygen atoms in total. The van der Waals surface area contributed by atoms with Crippen molar-refractivity contribution in [2.24, 2.45) is 0 Å². The lowest BCUT2D eigenvalue weighted by atomic mass is 9.93. The molecule has 0 unspecified atom stereocenters. The Morgan fingerprint density at radius 1 is 1.06 bits per heavy atom. The summed E-state index contributed by atoms with van der Waals surface area (Å²) in [4.78, 5) is 0. The van der Waals surface area contributed by atoms with Crippen molar-refractivity contribution in [2.45, 2.75) is 44.4 Å². The molecule has 1 aliphatic carbocycles. The molecule has 96 valence electrons. The number of phenolic OH excluding ortho intramolecular Hbond substituents is 1. The van der Waals surface area contributed by atoms with E-state index in [0.717, 1.165) is 32.2 Å². The molecule has 0 atom stereocenters. The predicted molar refractivity (Wildman–Crippen MR) is 70.5 cm³/mol. The average molecular weight is 258 g/mol. The number of phenols is 1. The summed E-state index contributed by atoms with van der Waals surface area (Å²) >= 11 is 0. The molecule has 3 N–H and O–H groups in total. The van der Waals surface area contributed by atoms with Gasteiger partial charge in [0.05, 0.1) is 6.10 Å². The molecule has 0 aromatic heterocycles. The van der Waals surface area contributed by atoms with Gasteiger partial charge in [-0.25, -0.2) is 0 Å². The maximum absolute atomic E-state index is 9.39. The Bertz CT molecular complexity index is 321. The molecule has 0 bridgehead atoms. The van der Waals surface area contributed by atoms with Gasteiger partial charge in [0.1, 0.15) is 5.75 Å². The fourth-order valence-electron chi connectivity index (χ4n) is 2.16. The van der Waals surface area contributed by atoms with Crippen molar-refractivity contribution in [3.63, 3.8) is 0 Å².